The number of likely N-dealkylation sites (tertiary alicyclic amines) is 1. The lowest BCUT2D eigenvalue weighted by Crippen LogP contribution is -2.45. The third kappa shape index (κ3) is 6.19. The maximum atomic E-state index is 12.8. The van der Waals surface area contributed by atoms with Gasteiger partial charge in [-0.3, -0.25) is 9.59 Å². The highest BCUT2D eigenvalue weighted by atomic mass is 35.5. The molecule has 0 spiro atoms. The fourth-order valence-corrected chi connectivity index (χ4v) is 4.41. The van der Waals surface area contributed by atoms with Crippen molar-refractivity contribution in [2.45, 2.75) is 64.0 Å². The fourth-order valence-electron chi connectivity index (χ4n) is 4.41. The molecule has 1 aromatic carbocycles. The zero-order chi connectivity index (χ0) is 19.3. The molecule has 0 atom stereocenters. The molecule has 2 aliphatic carbocycles. The molecule has 1 saturated heterocycles. The van der Waals surface area contributed by atoms with Gasteiger partial charge in [-0.1, -0.05) is 25.0 Å². The Morgan fingerprint density at radius 1 is 0.931 bits per heavy atom. The summed E-state index contributed by atoms with van der Waals surface area (Å²) in [5, 5.41) is 6.70. The summed E-state index contributed by atoms with van der Waals surface area (Å²) >= 11 is 0. The number of carbonyl (C=O) groups excluding carboxylic acids is 2. The molecule has 3 aliphatic rings. The quantitative estimate of drug-likeness (QED) is 0.710. The van der Waals surface area contributed by atoms with Gasteiger partial charge in [0.1, 0.15) is 0 Å². The second-order valence-corrected chi connectivity index (χ2v) is 8.81. The van der Waals surface area contributed by atoms with E-state index < -0.39 is 0 Å². The second-order valence-electron chi connectivity index (χ2n) is 8.81. The van der Waals surface area contributed by atoms with Gasteiger partial charge in [-0.25, -0.2) is 0 Å². The normalized spacial score (nSPS) is 20.3. The summed E-state index contributed by atoms with van der Waals surface area (Å²) in [5.41, 5.74) is 1.79. The lowest BCUT2D eigenvalue weighted by Gasteiger charge is -2.32. The Labute approximate surface area is 180 Å². The van der Waals surface area contributed by atoms with Crippen molar-refractivity contribution in [2.75, 3.05) is 19.6 Å². The van der Waals surface area contributed by atoms with E-state index in [0.29, 0.717) is 12.6 Å². The molecule has 3 fully saturated rings. The van der Waals surface area contributed by atoms with E-state index in [2.05, 4.69) is 10.6 Å². The number of hydrogen-bond donors (Lipinski definition) is 2. The Bertz CT molecular complexity index is 676. The molecule has 5 nitrogen and oxygen atoms in total. The van der Waals surface area contributed by atoms with Crippen LogP contribution in [0.5, 0.6) is 0 Å². The number of nitrogens with zero attached hydrogens (tertiary/aromatic N) is 1. The average molecular weight is 420 g/mol. The lowest BCUT2D eigenvalue weighted by molar-refractivity contribution is -0.124. The van der Waals surface area contributed by atoms with Crippen LogP contribution >= 0.6 is 12.4 Å². The largest absolute Gasteiger partial charge is 0.352 e. The van der Waals surface area contributed by atoms with Crippen molar-refractivity contribution >= 4 is 24.2 Å². The Kier molecular flexibility index (Phi) is 7.96. The van der Waals surface area contributed by atoms with Gasteiger partial charge in [-0.2, -0.15) is 0 Å². The van der Waals surface area contributed by atoms with Gasteiger partial charge in [0, 0.05) is 37.2 Å². The third-order valence-electron chi connectivity index (χ3n) is 6.57. The molecular formula is C23H34ClN3O2. The van der Waals surface area contributed by atoms with Crippen molar-refractivity contribution < 1.29 is 9.59 Å². The highest BCUT2D eigenvalue weighted by Gasteiger charge is 2.26. The van der Waals surface area contributed by atoms with Crippen LogP contribution in [0.3, 0.4) is 0 Å². The molecule has 0 aromatic heterocycles. The molecule has 0 unspecified atom stereocenters. The van der Waals surface area contributed by atoms with Gasteiger partial charge >= 0.3 is 0 Å². The van der Waals surface area contributed by atoms with Crippen LogP contribution in [0.4, 0.5) is 0 Å². The van der Waals surface area contributed by atoms with Crippen LogP contribution in [0.15, 0.2) is 24.3 Å². The number of piperidine rings is 1. The van der Waals surface area contributed by atoms with Crippen LogP contribution in [0.25, 0.3) is 0 Å². The minimum atomic E-state index is 0. The number of benzene rings is 1. The molecule has 2 N–H and O–H groups in total. The summed E-state index contributed by atoms with van der Waals surface area (Å²) in [4.78, 5) is 26.9. The summed E-state index contributed by atoms with van der Waals surface area (Å²) < 4.78 is 0. The summed E-state index contributed by atoms with van der Waals surface area (Å²) in [6.07, 6.45) is 9.23. The predicted molar refractivity (Wildman–Crippen MR) is 117 cm³/mol. The van der Waals surface area contributed by atoms with Crippen LogP contribution < -0.4 is 10.6 Å². The van der Waals surface area contributed by atoms with Gasteiger partial charge in [-0.15, -0.1) is 12.4 Å². The van der Waals surface area contributed by atoms with Gasteiger partial charge in [0.15, 0.2) is 0 Å². The molecule has 29 heavy (non-hydrogen) atoms. The van der Waals surface area contributed by atoms with E-state index in [0.717, 1.165) is 62.4 Å². The van der Waals surface area contributed by atoms with E-state index in [-0.39, 0.29) is 30.1 Å². The monoisotopic (exact) mass is 419 g/mol. The standard InChI is InChI=1S/C23H33N3O2.ClH/c27-22(19-3-1-2-4-19)25-16-18-7-9-20(10-8-18)23(28)26-13-11-21(12-14-26)24-15-17-5-6-17;/h7-10,17,19,21,24H,1-6,11-16H2,(H,25,27);1H. The first-order chi connectivity index (χ1) is 13.7. The second kappa shape index (κ2) is 10.4. The van der Waals surface area contributed by atoms with Crippen molar-refractivity contribution in [1.29, 1.82) is 0 Å². The van der Waals surface area contributed by atoms with E-state index in [1.54, 1.807) is 0 Å². The first-order valence-electron chi connectivity index (χ1n) is 11.1. The number of carbonyl (C=O) groups is 2. The number of hydrogen-bond acceptors (Lipinski definition) is 3. The third-order valence-corrected chi connectivity index (χ3v) is 6.57. The molecule has 2 saturated carbocycles. The summed E-state index contributed by atoms with van der Waals surface area (Å²) in [7, 11) is 0. The zero-order valence-electron chi connectivity index (χ0n) is 17.2. The van der Waals surface area contributed by atoms with Crippen molar-refractivity contribution in [3.8, 4) is 0 Å². The van der Waals surface area contributed by atoms with Crippen LogP contribution in [0.1, 0.15) is 67.3 Å². The van der Waals surface area contributed by atoms with Crippen molar-refractivity contribution in [1.82, 2.24) is 15.5 Å². The predicted octanol–water partition coefficient (Wildman–Crippen LogP) is 3.52. The maximum Gasteiger partial charge on any atom is 0.253 e. The average Bonchev–Trinajstić information content (AvgIpc) is 3.41. The Morgan fingerprint density at radius 2 is 1.59 bits per heavy atom. The molecule has 160 valence electrons. The van der Waals surface area contributed by atoms with Crippen molar-refractivity contribution in [3.63, 3.8) is 0 Å². The van der Waals surface area contributed by atoms with Gasteiger partial charge < -0.3 is 15.5 Å². The number of amides is 2. The summed E-state index contributed by atoms with van der Waals surface area (Å²) in [6, 6.07) is 8.29. The van der Waals surface area contributed by atoms with E-state index in [9.17, 15) is 9.59 Å². The first kappa shape index (κ1) is 22.1. The van der Waals surface area contributed by atoms with E-state index >= 15 is 0 Å². The maximum absolute atomic E-state index is 12.8. The van der Waals surface area contributed by atoms with E-state index in [4.69, 9.17) is 0 Å². The SMILES string of the molecule is Cl.O=C(NCc1ccc(C(=O)N2CCC(NCC3CC3)CC2)cc1)C1CCCC1. The minimum absolute atomic E-state index is 0. The van der Waals surface area contributed by atoms with Crippen LogP contribution in [-0.4, -0.2) is 42.4 Å². The summed E-state index contributed by atoms with van der Waals surface area (Å²) in [6.45, 7) is 3.36. The zero-order valence-corrected chi connectivity index (χ0v) is 18.0. The van der Waals surface area contributed by atoms with Gasteiger partial charge in [-0.05, 0) is 68.7 Å². The molecule has 1 aromatic rings. The highest BCUT2D eigenvalue weighted by molar-refractivity contribution is 5.94. The molecule has 2 amide bonds. The van der Waals surface area contributed by atoms with Gasteiger partial charge in [0.2, 0.25) is 5.91 Å². The molecule has 0 radical (unpaired) electrons. The highest BCUT2D eigenvalue weighted by Crippen LogP contribution is 2.28. The topological polar surface area (TPSA) is 61.4 Å². The van der Waals surface area contributed by atoms with Crippen LogP contribution in [0, 0.1) is 11.8 Å². The summed E-state index contributed by atoms with van der Waals surface area (Å²) in [5.74, 6) is 1.40. The lowest BCUT2D eigenvalue weighted by atomic mass is 10.0. The number of nitrogens with one attached hydrogen (secondary N) is 2. The van der Waals surface area contributed by atoms with Gasteiger partial charge in [0.25, 0.3) is 5.91 Å². The van der Waals surface area contributed by atoms with Crippen molar-refractivity contribution in [3.05, 3.63) is 35.4 Å². The minimum Gasteiger partial charge on any atom is -0.352 e. The Morgan fingerprint density at radius 3 is 2.21 bits per heavy atom. The molecular weight excluding hydrogens is 386 g/mol. The molecule has 0 bridgehead atoms. The fraction of sp³-hybridized carbons (Fsp3) is 0.652. The molecule has 1 heterocycles. The van der Waals surface area contributed by atoms with Crippen LogP contribution in [0.2, 0.25) is 0 Å². The van der Waals surface area contributed by atoms with E-state index in [1.165, 1.54) is 25.7 Å². The molecule has 1 aliphatic heterocycles. The number of rotatable bonds is 7. The smallest absolute Gasteiger partial charge is 0.253 e. The van der Waals surface area contributed by atoms with E-state index in [1.807, 2.05) is 29.2 Å². The Hall–Kier alpha value is -1.59. The van der Waals surface area contributed by atoms with Crippen molar-refractivity contribution in [2.24, 2.45) is 11.8 Å². The molecule has 6 heteroatoms. The number of halogens is 1. The molecule has 4 rings (SSSR count). The first-order valence-corrected chi connectivity index (χ1v) is 11.1. The van der Waals surface area contributed by atoms with Crippen LogP contribution in [-0.2, 0) is 11.3 Å². The Balaban J connectivity index is 0.00000240. The van der Waals surface area contributed by atoms with Gasteiger partial charge in [0.05, 0.1) is 0 Å².